The molecule has 0 radical (unpaired) electrons. The number of thiazole rings is 1. The van der Waals surface area contributed by atoms with Crippen LogP contribution >= 0.6 is 11.3 Å². The third kappa shape index (κ3) is 3.44. The number of aliphatic hydroxyl groups is 2. The van der Waals surface area contributed by atoms with Gasteiger partial charge in [-0.15, -0.1) is 11.3 Å². The fraction of sp³-hybridized carbons (Fsp3) is 0.200. The number of nitrogens with zero attached hydrogens (tertiary/aromatic N) is 2. The summed E-state index contributed by atoms with van der Waals surface area (Å²) >= 11 is 1.46. The van der Waals surface area contributed by atoms with Gasteiger partial charge in [0.2, 0.25) is 0 Å². The number of hydrogen-bond acceptors (Lipinski definition) is 7. The number of anilines is 1. The Morgan fingerprint density at radius 3 is 2.56 bits per heavy atom. The summed E-state index contributed by atoms with van der Waals surface area (Å²) in [6.07, 6.45) is 0. The van der Waals surface area contributed by atoms with Crippen LogP contribution < -0.4 is 10.5 Å². The van der Waals surface area contributed by atoms with Gasteiger partial charge < -0.3 is 19.5 Å². The molecule has 2 heterocycles. The van der Waals surface area contributed by atoms with Crippen molar-refractivity contribution in [1.82, 2.24) is 4.98 Å². The van der Waals surface area contributed by atoms with Gasteiger partial charge in [0.1, 0.15) is 10.6 Å². The van der Waals surface area contributed by atoms with Gasteiger partial charge in [-0.05, 0) is 30.3 Å². The fourth-order valence-corrected chi connectivity index (χ4v) is 4.01. The van der Waals surface area contributed by atoms with E-state index in [4.69, 9.17) is 4.42 Å². The number of benzene rings is 2. The van der Waals surface area contributed by atoms with E-state index in [1.54, 1.807) is 12.1 Å². The highest BCUT2D eigenvalue weighted by Gasteiger charge is 2.14. The van der Waals surface area contributed by atoms with E-state index in [0.29, 0.717) is 29.2 Å². The molecule has 4 rings (SSSR count). The van der Waals surface area contributed by atoms with E-state index in [2.05, 4.69) is 4.98 Å². The van der Waals surface area contributed by atoms with Gasteiger partial charge in [0.25, 0.3) is 0 Å². The highest BCUT2D eigenvalue weighted by Crippen LogP contribution is 2.30. The third-order valence-electron chi connectivity index (χ3n) is 4.35. The van der Waals surface area contributed by atoms with Crippen LogP contribution in [-0.2, 0) is 0 Å². The first-order valence-corrected chi connectivity index (χ1v) is 9.42. The molecular weight excluding hydrogens is 364 g/mol. The molecule has 0 saturated carbocycles. The topological polar surface area (TPSA) is 86.8 Å². The first-order valence-electron chi connectivity index (χ1n) is 8.60. The summed E-state index contributed by atoms with van der Waals surface area (Å²) in [5.74, 6) is 0. The summed E-state index contributed by atoms with van der Waals surface area (Å²) < 4.78 is 6.57. The van der Waals surface area contributed by atoms with Crippen LogP contribution in [0, 0.1) is 0 Å². The van der Waals surface area contributed by atoms with E-state index in [0.717, 1.165) is 21.3 Å². The molecule has 0 spiro atoms. The van der Waals surface area contributed by atoms with Gasteiger partial charge in [0.05, 0.1) is 29.0 Å². The van der Waals surface area contributed by atoms with Gasteiger partial charge in [-0.25, -0.2) is 9.78 Å². The molecule has 138 valence electrons. The third-order valence-corrected chi connectivity index (χ3v) is 5.42. The SMILES string of the molecule is O=c1oc2cc(N(CCO)CCO)ccc2cc1-c1nc2ccccc2s1. The van der Waals surface area contributed by atoms with Crippen LogP contribution in [0.2, 0.25) is 0 Å². The Morgan fingerprint density at radius 1 is 1.04 bits per heavy atom. The van der Waals surface area contributed by atoms with Crippen LogP contribution in [0.15, 0.2) is 57.7 Å². The summed E-state index contributed by atoms with van der Waals surface area (Å²) in [6.45, 7) is 0.719. The van der Waals surface area contributed by atoms with E-state index in [1.807, 2.05) is 41.3 Å². The first kappa shape index (κ1) is 17.7. The van der Waals surface area contributed by atoms with Gasteiger partial charge >= 0.3 is 5.63 Å². The molecule has 0 amide bonds. The monoisotopic (exact) mass is 382 g/mol. The number of hydrogen-bond donors (Lipinski definition) is 2. The summed E-state index contributed by atoms with van der Waals surface area (Å²) in [4.78, 5) is 18.9. The Balaban J connectivity index is 1.77. The minimum absolute atomic E-state index is 0.0292. The van der Waals surface area contributed by atoms with E-state index < -0.39 is 5.63 Å². The molecule has 0 saturated heterocycles. The molecular formula is C20H18N2O4S. The zero-order valence-electron chi connectivity index (χ0n) is 14.5. The minimum Gasteiger partial charge on any atom is -0.422 e. The smallest absolute Gasteiger partial charge is 0.346 e. The summed E-state index contributed by atoms with van der Waals surface area (Å²) in [6, 6.07) is 15.1. The fourth-order valence-electron chi connectivity index (χ4n) is 3.04. The van der Waals surface area contributed by atoms with Crippen molar-refractivity contribution in [2.45, 2.75) is 0 Å². The zero-order chi connectivity index (χ0) is 18.8. The Morgan fingerprint density at radius 2 is 1.81 bits per heavy atom. The lowest BCUT2D eigenvalue weighted by atomic mass is 10.1. The molecule has 27 heavy (non-hydrogen) atoms. The molecule has 2 aromatic heterocycles. The summed E-state index contributed by atoms with van der Waals surface area (Å²) in [7, 11) is 0. The number of fused-ring (bicyclic) bond motifs is 2. The lowest BCUT2D eigenvalue weighted by molar-refractivity contribution is 0.281. The Hall–Kier alpha value is -2.74. The maximum atomic E-state index is 12.5. The molecule has 4 aromatic rings. The van der Waals surface area contributed by atoms with Crippen LogP contribution in [0.3, 0.4) is 0 Å². The Labute approximate surface area is 158 Å². The molecule has 0 aliphatic heterocycles. The average molecular weight is 382 g/mol. The van der Waals surface area contributed by atoms with Crippen LogP contribution in [0.25, 0.3) is 31.8 Å². The van der Waals surface area contributed by atoms with E-state index in [9.17, 15) is 15.0 Å². The molecule has 0 bridgehead atoms. The van der Waals surface area contributed by atoms with Crippen LogP contribution in [-0.4, -0.2) is 41.5 Å². The molecule has 7 heteroatoms. The first-order chi connectivity index (χ1) is 13.2. The zero-order valence-corrected chi connectivity index (χ0v) is 15.3. The Kier molecular flexibility index (Phi) is 4.89. The predicted molar refractivity (Wildman–Crippen MR) is 107 cm³/mol. The largest absolute Gasteiger partial charge is 0.422 e. The lowest BCUT2D eigenvalue weighted by Gasteiger charge is -2.22. The summed E-state index contributed by atoms with van der Waals surface area (Å²) in [5, 5.41) is 19.8. The molecule has 2 aromatic carbocycles. The average Bonchev–Trinajstić information content (AvgIpc) is 3.10. The minimum atomic E-state index is -0.436. The normalized spacial score (nSPS) is 11.3. The maximum Gasteiger partial charge on any atom is 0.346 e. The molecule has 6 nitrogen and oxygen atoms in total. The van der Waals surface area contributed by atoms with Crippen LogP contribution in [0.1, 0.15) is 0 Å². The molecule has 0 aliphatic rings. The number of para-hydroxylation sites is 1. The van der Waals surface area contributed by atoms with Crippen molar-refractivity contribution >= 4 is 38.2 Å². The van der Waals surface area contributed by atoms with Crippen molar-refractivity contribution in [1.29, 1.82) is 0 Å². The molecule has 2 N–H and O–H groups in total. The van der Waals surface area contributed by atoms with Crippen molar-refractivity contribution in [2.24, 2.45) is 0 Å². The second-order valence-corrected chi connectivity index (χ2v) is 7.12. The van der Waals surface area contributed by atoms with E-state index in [-0.39, 0.29) is 13.2 Å². The second kappa shape index (κ2) is 7.48. The van der Waals surface area contributed by atoms with Gasteiger partial charge in [0, 0.05) is 30.2 Å². The Bertz CT molecular complexity index is 1110. The number of rotatable bonds is 6. The summed E-state index contributed by atoms with van der Waals surface area (Å²) in [5.41, 5.74) is 2.11. The molecule has 0 fully saturated rings. The van der Waals surface area contributed by atoms with Crippen molar-refractivity contribution in [3.63, 3.8) is 0 Å². The lowest BCUT2D eigenvalue weighted by Crippen LogP contribution is -2.29. The molecule has 0 unspecified atom stereocenters. The van der Waals surface area contributed by atoms with Gasteiger partial charge in [-0.1, -0.05) is 12.1 Å². The second-order valence-electron chi connectivity index (χ2n) is 6.09. The highest BCUT2D eigenvalue weighted by molar-refractivity contribution is 7.21. The van der Waals surface area contributed by atoms with Gasteiger partial charge in [-0.2, -0.15) is 0 Å². The van der Waals surface area contributed by atoms with Crippen molar-refractivity contribution in [3.05, 3.63) is 59.0 Å². The van der Waals surface area contributed by atoms with Gasteiger partial charge in [-0.3, -0.25) is 0 Å². The van der Waals surface area contributed by atoms with Crippen LogP contribution in [0.4, 0.5) is 5.69 Å². The van der Waals surface area contributed by atoms with Crippen LogP contribution in [0.5, 0.6) is 0 Å². The quantitative estimate of drug-likeness (QED) is 0.499. The van der Waals surface area contributed by atoms with E-state index in [1.165, 1.54) is 11.3 Å². The number of aliphatic hydroxyl groups excluding tert-OH is 2. The number of aromatic nitrogens is 1. The standard InChI is InChI=1S/C20H18N2O4S/c23-9-7-22(8-10-24)14-6-5-13-11-15(20(25)26-17(13)12-14)19-21-16-3-1-2-4-18(16)27-19/h1-6,11-12,23-24H,7-10H2. The van der Waals surface area contributed by atoms with Gasteiger partial charge in [0.15, 0.2) is 0 Å². The highest BCUT2D eigenvalue weighted by atomic mass is 32.1. The molecule has 0 aliphatic carbocycles. The predicted octanol–water partition coefficient (Wildman–Crippen LogP) is 2.86. The van der Waals surface area contributed by atoms with Crippen molar-refractivity contribution in [2.75, 3.05) is 31.2 Å². The maximum absolute atomic E-state index is 12.5. The van der Waals surface area contributed by atoms with E-state index >= 15 is 0 Å². The molecule has 0 atom stereocenters. The van der Waals surface area contributed by atoms with Crippen molar-refractivity contribution in [3.8, 4) is 10.6 Å². The van der Waals surface area contributed by atoms with Crippen molar-refractivity contribution < 1.29 is 14.6 Å².